The SMILES string of the molecule is CC(Oc1ccc(F)cc1F)C(=O)Nc1nnc(CCN(C)C)s1. The van der Waals surface area contributed by atoms with Crippen molar-refractivity contribution in [2.45, 2.75) is 19.4 Å². The number of hydrogen-bond donors (Lipinski definition) is 1. The standard InChI is InChI=1S/C15H18F2N4O2S/c1-9(23-12-5-4-10(16)8-11(12)17)14(22)18-15-20-19-13(24-15)6-7-21(2)3/h4-5,8-9H,6-7H2,1-3H3,(H,18,20,22). The topological polar surface area (TPSA) is 67.3 Å². The molecule has 1 heterocycles. The lowest BCUT2D eigenvalue weighted by molar-refractivity contribution is -0.122. The van der Waals surface area contributed by atoms with E-state index in [4.69, 9.17) is 4.74 Å². The summed E-state index contributed by atoms with van der Waals surface area (Å²) in [7, 11) is 3.91. The fourth-order valence-corrected chi connectivity index (χ4v) is 2.48. The summed E-state index contributed by atoms with van der Waals surface area (Å²) in [6.07, 6.45) is -0.244. The van der Waals surface area contributed by atoms with Crippen LogP contribution in [-0.4, -0.2) is 47.7 Å². The predicted molar refractivity (Wildman–Crippen MR) is 87.2 cm³/mol. The van der Waals surface area contributed by atoms with E-state index in [1.54, 1.807) is 0 Å². The molecule has 1 aromatic carbocycles. The van der Waals surface area contributed by atoms with E-state index in [2.05, 4.69) is 15.5 Å². The Labute approximate surface area is 142 Å². The summed E-state index contributed by atoms with van der Waals surface area (Å²) in [5, 5.41) is 11.6. The Morgan fingerprint density at radius 1 is 1.38 bits per heavy atom. The quantitative estimate of drug-likeness (QED) is 0.825. The van der Waals surface area contributed by atoms with Gasteiger partial charge in [0.05, 0.1) is 0 Å². The third-order valence-corrected chi connectivity index (χ3v) is 3.94. The third-order valence-electron chi connectivity index (χ3n) is 3.04. The van der Waals surface area contributed by atoms with Crippen LogP contribution in [0.4, 0.5) is 13.9 Å². The van der Waals surface area contributed by atoms with Gasteiger partial charge in [-0.25, -0.2) is 8.78 Å². The van der Waals surface area contributed by atoms with E-state index in [1.165, 1.54) is 18.3 Å². The molecule has 130 valence electrons. The first kappa shape index (κ1) is 18.2. The number of halogens is 2. The second-order valence-corrected chi connectivity index (χ2v) is 6.44. The van der Waals surface area contributed by atoms with Crippen LogP contribution in [0, 0.1) is 11.6 Å². The third kappa shape index (κ3) is 5.20. The van der Waals surface area contributed by atoms with E-state index in [9.17, 15) is 13.6 Å². The van der Waals surface area contributed by atoms with Gasteiger partial charge in [0, 0.05) is 19.0 Å². The summed E-state index contributed by atoms with van der Waals surface area (Å²) in [6.45, 7) is 2.29. The number of aromatic nitrogens is 2. The Hall–Kier alpha value is -2.13. The maximum atomic E-state index is 13.5. The van der Waals surface area contributed by atoms with Crippen LogP contribution in [0.25, 0.3) is 0 Å². The first-order valence-corrected chi connectivity index (χ1v) is 8.06. The van der Waals surface area contributed by atoms with Crippen molar-refractivity contribution in [1.82, 2.24) is 15.1 Å². The van der Waals surface area contributed by atoms with Gasteiger partial charge in [0.1, 0.15) is 10.8 Å². The number of benzene rings is 1. The van der Waals surface area contributed by atoms with E-state index in [0.29, 0.717) is 11.2 Å². The van der Waals surface area contributed by atoms with Crippen LogP contribution in [0.3, 0.4) is 0 Å². The van der Waals surface area contributed by atoms with Gasteiger partial charge in [-0.15, -0.1) is 10.2 Å². The summed E-state index contributed by atoms with van der Waals surface area (Å²) in [4.78, 5) is 14.1. The molecule has 0 fully saturated rings. The Morgan fingerprint density at radius 2 is 2.12 bits per heavy atom. The van der Waals surface area contributed by atoms with Crippen molar-refractivity contribution in [2.75, 3.05) is 26.0 Å². The van der Waals surface area contributed by atoms with Gasteiger partial charge < -0.3 is 9.64 Å². The second-order valence-electron chi connectivity index (χ2n) is 5.38. The van der Waals surface area contributed by atoms with Gasteiger partial charge in [0.15, 0.2) is 17.7 Å². The lowest BCUT2D eigenvalue weighted by Crippen LogP contribution is -2.30. The fourth-order valence-electron chi connectivity index (χ4n) is 1.75. The molecule has 6 nitrogen and oxygen atoms in total. The molecule has 0 radical (unpaired) electrons. The molecule has 1 amide bonds. The number of nitrogens with one attached hydrogen (secondary N) is 1. The molecule has 2 rings (SSSR count). The number of nitrogens with zero attached hydrogens (tertiary/aromatic N) is 3. The smallest absolute Gasteiger partial charge is 0.266 e. The predicted octanol–water partition coefficient (Wildman–Crippen LogP) is 2.33. The van der Waals surface area contributed by atoms with Crippen LogP contribution < -0.4 is 10.1 Å². The van der Waals surface area contributed by atoms with E-state index in [-0.39, 0.29) is 5.75 Å². The summed E-state index contributed by atoms with van der Waals surface area (Å²) >= 11 is 1.27. The van der Waals surface area contributed by atoms with Gasteiger partial charge in [-0.05, 0) is 33.2 Å². The summed E-state index contributed by atoms with van der Waals surface area (Å²) in [5.74, 6) is -2.26. The highest BCUT2D eigenvalue weighted by molar-refractivity contribution is 7.15. The van der Waals surface area contributed by atoms with Crippen LogP contribution in [0.1, 0.15) is 11.9 Å². The van der Waals surface area contributed by atoms with Crippen LogP contribution in [-0.2, 0) is 11.2 Å². The highest BCUT2D eigenvalue weighted by Crippen LogP contribution is 2.20. The maximum Gasteiger partial charge on any atom is 0.266 e. The minimum absolute atomic E-state index is 0.192. The van der Waals surface area contributed by atoms with Crippen molar-refractivity contribution in [1.29, 1.82) is 0 Å². The molecule has 0 spiro atoms. The van der Waals surface area contributed by atoms with E-state index >= 15 is 0 Å². The van der Waals surface area contributed by atoms with E-state index in [0.717, 1.165) is 30.1 Å². The van der Waals surface area contributed by atoms with Crippen molar-refractivity contribution in [3.63, 3.8) is 0 Å². The molecule has 2 aromatic rings. The van der Waals surface area contributed by atoms with Crippen molar-refractivity contribution in [2.24, 2.45) is 0 Å². The molecule has 0 aliphatic carbocycles. The van der Waals surface area contributed by atoms with Gasteiger partial charge in [-0.3, -0.25) is 10.1 Å². The molecule has 1 unspecified atom stereocenters. The molecule has 1 atom stereocenters. The molecule has 1 N–H and O–H groups in total. The van der Waals surface area contributed by atoms with Crippen LogP contribution >= 0.6 is 11.3 Å². The number of carbonyl (C=O) groups excluding carboxylic acids is 1. The Balaban J connectivity index is 1.91. The van der Waals surface area contributed by atoms with Crippen molar-refractivity contribution >= 4 is 22.4 Å². The number of hydrogen-bond acceptors (Lipinski definition) is 6. The van der Waals surface area contributed by atoms with Gasteiger partial charge >= 0.3 is 0 Å². The molecule has 0 aliphatic rings. The monoisotopic (exact) mass is 356 g/mol. The van der Waals surface area contributed by atoms with E-state index < -0.39 is 23.6 Å². The average Bonchev–Trinajstić information content (AvgIpc) is 2.95. The second kappa shape index (κ2) is 8.11. The number of amides is 1. The van der Waals surface area contributed by atoms with Crippen molar-refractivity contribution in [3.8, 4) is 5.75 Å². The molecule has 24 heavy (non-hydrogen) atoms. The van der Waals surface area contributed by atoms with Crippen LogP contribution in [0.2, 0.25) is 0 Å². The van der Waals surface area contributed by atoms with Gasteiger partial charge in [0.2, 0.25) is 5.13 Å². The largest absolute Gasteiger partial charge is 0.478 e. The Morgan fingerprint density at radius 3 is 2.79 bits per heavy atom. The number of rotatable bonds is 7. The molecular weight excluding hydrogens is 338 g/mol. The maximum absolute atomic E-state index is 13.5. The number of carbonyl (C=O) groups is 1. The molecule has 0 aliphatic heterocycles. The van der Waals surface area contributed by atoms with E-state index in [1.807, 2.05) is 19.0 Å². The highest BCUT2D eigenvalue weighted by Gasteiger charge is 2.18. The zero-order chi connectivity index (χ0) is 17.7. The lowest BCUT2D eigenvalue weighted by Gasteiger charge is -2.14. The van der Waals surface area contributed by atoms with Crippen molar-refractivity contribution in [3.05, 3.63) is 34.8 Å². The number of ether oxygens (including phenoxy) is 1. The van der Waals surface area contributed by atoms with Gasteiger partial charge in [-0.2, -0.15) is 0 Å². The highest BCUT2D eigenvalue weighted by atomic mass is 32.1. The normalized spacial score (nSPS) is 12.2. The summed E-state index contributed by atoms with van der Waals surface area (Å²) in [6, 6.07) is 2.89. The molecule has 0 saturated heterocycles. The Bertz CT molecular complexity index is 709. The molecular formula is C15H18F2N4O2S. The molecule has 9 heteroatoms. The minimum Gasteiger partial charge on any atom is -0.478 e. The van der Waals surface area contributed by atoms with Gasteiger partial charge in [0.25, 0.3) is 5.91 Å². The molecule has 1 aromatic heterocycles. The first-order valence-electron chi connectivity index (χ1n) is 7.25. The molecule has 0 saturated carbocycles. The van der Waals surface area contributed by atoms with Crippen LogP contribution in [0.15, 0.2) is 18.2 Å². The zero-order valence-corrected chi connectivity index (χ0v) is 14.4. The number of likely N-dealkylation sites (N-methyl/N-ethyl adjacent to an activating group) is 1. The molecule has 0 bridgehead atoms. The van der Waals surface area contributed by atoms with Gasteiger partial charge in [-0.1, -0.05) is 11.3 Å². The Kier molecular flexibility index (Phi) is 6.16. The van der Waals surface area contributed by atoms with Crippen molar-refractivity contribution < 1.29 is 18.3 Å². The summed E-state index contributed by atoms with van der Waals surface area (Å²) < 4.78 is 31.6. The number of anilines is 1. The zero-order valence-electron chi connectivity index (χ0n) is 13.5. The minimum atomic E-state index is -0.973. The lowest BCUT2D eigenvalue weighted by atomic mass is 10.3. The first-order chi connectivity index (χ1) is 11.3. The summed E-state index contributed by atoms with van der Waals surface area (Å²) in [5.41, 5.74) is 0. The fraction of sp³-hybridized carbons (Fsp3) is 0.400. The average molecular weight is 356 g/mol. The van der Waals surface area contributed by atoms with Crippen LogP contribution in [0.5, 0.6) is 5.75 Å².